The lowest BCUT2D eigenvalue weighted by Crippen LogP contribution is -2.60. The smallest absolute Gasteiger partial charge is 0.322 e. The highest BCUT2D eigenvalue weighted by Gasteiger charge is 2.54. The molecule has 3 aromatic carbocycles. The van der Waals surface area contributed by atoms with E-state index in [-0.39, 0.29) is 12.3 Å². The molecule has 2 heterocycles. The zero-order valence-corrected chi connectivity index (χ0v) is 20.0. The second-order valence-corrected chi connectivity index (χ2v) is 9.51. The Balaban J connectivity index is 1.50. The Morgan fingerprint density at radius 3 is 2.14 bits per heavy atom. The number of rotatable bonds is 5. The molecule has 182 valence electrons. The number of hydrogen-bond acceptors (Lipinski definition) is 4. The fourth-order valence-corrected chi connectivity index (χ4v) is 4.92. The molecule has 8 heteroatoms. The van der Waals surface area contributed by atoms with E-state index < -0.39 is 35.5 Å². The summed E-state index contributed by atoms with van der Waals surface area (Å²) >= 11 is 0. The lowest BCUT2D eigenvalue weighted by Gasteiger charge is -2.42. The number of hydrogen-bond donors (Lipinski definition) is 2. The van der Waals surface area contributed by atoms with Gasteiger partial charge in [-0.25, -0.2) is 4.79 Å². The molecule has 1 fully saturated rings. The molecular formula is C28H26N4O4. The Hall–Kier alpha value is -4.46. The quantitative estimate of drug-likeness (QED) is 0.545. The molecule has 2 N–H and O–H groups in total. The number of nitrogens with one attached hydrogen (secondary N) is 2. The molecule has 0 saturated carbocycles. The van der Waals surface area contributed by atoms with Crippen LogP contribution >= 0.6 is 0 Å². The van der Waals surface area contributed by atoms with Crippen molar-refractivity contribution >= 4 is 35.1 Å². The van der Waals surface area contributed by atoms with Gasteiger partial charge in [-0.1, -0.05) is 72.8 Å². The molecule has 3 aromatic rings. The van der Waals surface area contributed by atoms with Crippen molar-refractivity contribution in [2.75, 3.05) is 16.8 Å². The van der Waals surface area contributed by atoms with Crippen LogP contribution in [0.2, 0.25) is 0 Å². The molecule has 0 aliphatic carbocycles. The van der Waals surface area contributed by atoms with Gasteiger partial charge in [-0.2, -0.15) is 0 Å². The summed E-state index contributed by atoms with van der Waals surface area (Å²) in [6.07, 6.45) is 0.230. The third kappa shape index (κ3) is 3.71. The van der Waals surface area contributed by atoms with Gasteiger partial charge in [0.05, 0.1) is 11.4 Å². The van der Waals surface area contributed by atoms with Gasteiger partial charge in [-0.3, -0.25) is 24.2 Å². The van der Waals surface area contributed by atoms with Gasteiger partial charge in [0.1, 0.15) is 12.1 Å². The Morgan fingerprint density at radius 1 is 0.833 bits per heavy atom. The average Bonchev–Trinajstić information content (AvgIpc) is 3.10. The predicted octanol–water partition coefficient (Wildman–Crippen LogP) is 3.44. The Bertz CT molecular complexity index is 1360. The molecular weight excluding hydrogens is 456 g/mol. The predicted molar refractivity (Wildman–Crippen MR) is 135 cm³/mol. The molecule has 2 aliphatic heterocycles. The molecule has 1 atom stereocenters. The van der Waals surface area contributed by atoms with Crippen LogP contribution in [0.5, 0.6) is 0 Å². The van der Waals surface area contributed by atoms with Crippen LogP contribution in [-0.4, -0.2) is 40.7 Å². The van der Waals surface area contributed by atoms with Crippen LogP contribution in [0.4, 0.5) is 16.2 Å². The number of benzene rings is 3. The number of imide groups is 1. The highest BCUT2D eigenvalue weighted by molar-refractivity contribution is 6.16. The average molecular weight is 483 g/mol. The van der Waals surface area contributed by atoms with E-state index >= 15 is 0 Å². The first-order chi connectivity index (χ1) is 17.2. The zero-order valence-electron chi connectivity index (χ0n) is 20.0. The minimum Gasteiger partial charge on any atom is -0.322 e. The van der Waals surface area contributed by atoms with Crippen molar-refractivity contribution in [3.05, 3.63) is 96.1 Å². The molecule has 5 amide bonds. The SMILES string of the molecule is CC1(C)C(=O)Nc2ccccc2N1C(=O)CN1C(=O)N[C@](Cc2ccccc2)(c2ccccc2)C1=O. The van der Waals surface area contributed by atoms with E-state index in [1.165, 1.54) is 4.90 Å². The van der Waals surface area contributed by atoms with Crippen molar-refractivity contribution in [2.24, 2.45) is 0 Å². The molecule has 5 rings (SSSR count). The van der Waals surface area contributed by atoms with E-state index in [4.69, 9.17) is 0 Å². The van der Waals surface area contributed by atoms with Gasteiger partial charge in [0.2, 0.25) is 11.8 Å². The van der Waals surface area contributed by atoms with Crippen LogP contribution in [0.25, 0.3) is 0 Å². The topological polar surface area (TPSA) is 98.8 Å². The van der Waals surface area contributed by atoms with Gasteiger partial charge < -0.3 is 10.6 Å². The summed E-state index contributed by atoms with van der Waals surface area (Å²) in [5.74, 6) is -1.40. The maximum absolute atomic E-state index is 13.9. The third-order valence-corrected chi connectivity index (χ3v) is 6.81. The first-order valence-corrected chi connectivity index (χ1v) is 11.7. The van der Waals surface area contributed by atoms with E-state index in [9.17, 15) is 19.2 Å². The molecule has 2 aliphatic rings. The number of carbonyl (C=O) groups is 4. The van der Waals surface area contributed by atoms with Crippen molar-refractivity contribution in [3.63, 3.8) is 0 Å². The standard InChI is InChI=1S/C28H26N4O4/c1-27(2)24(34)29-21-15-9-10-16-22(21)32(27)23(33)18-31-25(35)28(30-26(31)36,20-13-7-4-8-14-20)17-19-11-5-3-6-12-19/h3-16H,17-18H2,1-2H3,(H,29,34)(H,30,36)/t28-/m1/s1. The number of carbonyl (C=O) groups excluding carboxylic acids is 4. The minimum absolute atomic E-state index is 0.230. The molecule has 0 radical (unpaired) electrons. The summed E-state index contributed by atoms with van der Waals surface area (Å²) in [6.45, 7) is 2.76. The van der Waals surface area contributed by atoms with Crippen molar-refractivity contribution in [1.29, 1.82) is 0 Å². The number of urea groups is 1. The van der Waals surface area contributed by atoms with Crippen molar-refractivity contribution in [1.82, 2.24) is 10.2 Å². The zero-order chi connectivity index (χ0) is 25.5. The van der Waals surface area contributed by atoms with Crippen LogP contribution in [-0.2, 0) is 26.3 Å². The van der Waals surface area contributed by atoms with Crippen molar-refractivity contribution < 1.29 is 19.2 Å². The maximum atomic E-state index is 13.9. The Kier molecular flexibility index (Phi) is 5.59. The van der Waals surface area contributed by atoms with Crippen molar-refractivity contribution in [3.8, 4) is 0 Å². The summed E-state index contributed by atoms with van der Waals surface area (Å²) in [7, 11) is 0. The van der Waals surface area contributed by atoms with E-state index in [1.54, 1.807) is 62.4 Å². The molecule has 0 aromatic heterocycles. The molecule has 36 heavy (non-hydrogen) atoms. The summed E-state index contributed by atoms with van der Waals surface area (Å²) in [5.41, 5.74) is -0.0678. The fourth-order valence-electron chi connectivity index (χ4n) is 4.92. The van der Waals surface area contributed by atoms with Crippen molar-refractivity contribution in [2.45, 2.75) is 31.3 Å². The van der Waals surface area contributed by atoms with E-state index in [0.717, 1.165) is 10.5 Å². The van der Waals surface area contributed by atoms with Crippen LogP contribution in [0.3, 0.4) is 0 Å². The number of nitrogens with zero attached hydrogens (tertiary/aromatic N) is 2. The fraction of sp³-hybridized carbons (Fsp3) is 0.214. The largest absolute Gasteiger partial charge is 0.325 e. The Labute approximate surface area is 208 Å². The first kappa shape index (κ1) is 23.3. The molecule has 8 nitrogen and oxygen atoms in total. The number of anilines is 2. The summed E-state index contributed by atoms with van der Waals surface area (Å²) in [6, 6.07) is 24.7. The first-order valence-electron chi connectivity index (χ1n) is 11.7. The van der Waals surface area contributed by atoms with E-state index in [2.05, 4.69) is 10.6 Å². The molecule has 0 unspecified atom stereocenters. The van der Waals surface area contributed by atoms with Gasteiger partial charge in [0, 0.05) is 6.42 Å². The number of para-hydroxylation sites is 2. The lowest BCUT2D eigenvalue weighted by atomic mass is 9.83. The van der Waals surface area contributed by atoms with Gasteiger partial charge in [-0.15, -0.1) is 0 Å². The lowest BCUT2D eigenvalue weighted by molar-refractivity contribution is -0.135. The highest BCUT2D eigenvalue weighted by Crippen LogP contribution is 2.38. The van der Waals surface area contributed by atoms with Gasteiger partial charge in [0.15, 0.2) is 5.54 Å². The van der Waals surface area contributed by atoms with Crippen LogP contribution in [0.15, 0.2) is 84.9 Å². The van der Waals surface area contributed by atoms with Crippen LogP contribution < -0.4 is 15.5 Å². The molecule has 1 saturated heterocycles. The van der Waals surface area contributed by atoms with Gasteiger partial charge in [-0.05, 0) is 37.1 Å². The van der Waals surface area contributed by atoms with E-state index in [1.807, 2.05) is 36.4 Å². The second-order valence-electron chi connectivity index (χ2n) is 9.51. The van der Waals surface area contributed by atoms with Gasteiger partial charge in [0.25, 0.3) is 5.91 Å². The third-order valence-electron chi connectivity index (χ3n) is 6.81. The van der Waals surface area contributed by atoms with Gasteiger partial charge >= 0.3 is 6.03 Å². The summed E-state index contributed by atoms with van der Waals surface area (Å²) in [5, 5.41) is 5.69. The highest BCUT2D eigenvalue weighted by atomic mass is 16.2. The second kappa shape index (κ2) is 8.64. The van der Waals surface area contributed by atoms with Crippen LogP contribution in [0, 0.1) is 0 Å². The van der Waals surface area contributed by atoms with Crippen LogP contribution in [0.1, 0.15) is 25.0 Å². The monoisotopic (exact) mass is 482 g/mol. The Morgan fingerprint density at radius 2 is 1.44 bits per heavy atom. The van der Waals surface area contributed by atoms with E-state index in [0.29, 0.717) is 16.9 Å². The normalized spacial score (nSPS) is 20.6. The minimum atomic E-state index is -1.35. The summed E-state index contributed by atoms with van der Waals surface area (Å²) < 4.78 is 0. The molecule has 0 bridgehead atoms. The maximum Gasteiger partial charge on any atom is 0.325 e. The molecule has 0 spiro atoms. The number of amides is 5. The summed E-state index contributed by atoms with van der Waals surface area (Å²) in [4.78, 5) is 55.9. The number of fused-ring (bicyclic) bond motifs is 1.